The highest BCUT2D eigenvalue weighted by atomic mass is 32.2. The topological polar surface area (TPSA) is 37.4 Å². The van der Waals surface area contributed by atoms with Crippen molar-refractivity contribution in [3.63, 3.8) is 0 Å². The first-order valence-corrected chi connectivity index (χ1v) is 9.39. The lowest BCUT2D eigenvalue weighted by atomic mass is 10.2. The van der Waals surface area contributed by atoms with Crippen LogP contribution < -0.4 is 0 Å². The normalized spacial score (nSPS) is 20.4. The van der Waals surface area contributed by atoms with E-state index in [0.29, 0.717) is 22.1 Å². The van der Waals surface area contributed by atoms with Crippen LogP contribution in [0.2, 0.25) is 0 Å². The summed E-state index contributed by atoms with van der Waals surface area (Å²) in [5, 5.41) is 1.25. The third-order valence-corrected chi connectivity index (χ3v) is 7.69. The van der Waals surface area contributed by atoms with E-state index in [4.69, 9.17) is 0 Å². The fraction of sp³-hybridized carbons (Fsp3) is 0.231. The molecule has 0 aliphatic carbocycles. The fourth-order valence-corrected chi connectivity index (χ4v) is 6.52. The average molecular weight is 329 g/mol. The third-order valence-electron chi connectivity index (χ3n) is 3.08. The van der Waals surface area contributed by atoms with Crippen LogP contribution in [0.5, 0.6) is 0 Å². The summed E-state index contributed by atoms with van der Waals surface area (Å²) in [5.74, 6) is 0.308. The summed E-state index contributed by atoms with van der Waals surface area (Å²) in [6, 6.07) is 9.64. The van der Waals surface area contributed by atoms with Gasteiger partial charge in [0.15, 0.2) is 0 Å². The molecular weight excluding hydrogens is 317 g/mol. The van der Waals surface area contributed by atoms with Crippen molar-refractivity contribution in [1.82, 2.24) is 4.31 Å². The van der Waals surface area contributed by atoms with E-state index in [1.54, 1.807) is 35.7 Å². The van der Waals surface area contributed by atoms with E-state index in [1.807, 2.05) is 0 Å². The Bertz CT molecular complexity index is 700. The van der Waals surface area contributed by atoms with Crippen molar-refractivity contribution >= 4 is 33.1 Å². The summed E-state index contributed by atoms with van der Waals surface area (Å²) in [6.07, 6.45) is 0. The first-order chi connectivity index (χ1) is 9.60. The molecule has 1 atom stereocenters. The lowest BCUT2D eigenvalue weighted by Gasteiger charge is -2.23. The number of thiophene rings is 1. The predicted molar refractivity (Wildman–Crippen MR) is 79.8 cm³/mol. The number of rotatable bonds is 3. The maximum Gasteiger partial charge on any atom is 0.253 e. The Hall–Kier alpha value is -0.890. The van der Waals surface area contributed by atoms with Crippen molar-refractivity contribution in [3.05, 3.63) is 53.2 Å². The van der Waals surface area contributed by atoms with E-state index < -0.39 is 15.4 Å². The van der Waals surface area contributed by atoms with Gasteiger partial charge in [0.2, 0.25) is 0 Å². The van der Waals surface area contributed by atoms with Crippen molar-refractivity contribution in [1.29, 1.82) is 0 Å². The van der Waals surface area contributed by atoms with Crippen LogP contribution in [0.1, 0.15) is 10.9 Å². The van der Waals surface area contributed by atoms with E-state index >= 15 is 0 Å². The molecule has 1 aromatic heterocycles. The lowest BCUT2D eigenvalue weighted by molar-refractivity contribution is 0.427. The molecule has 0 radical (unpaired) electrons. The fourth-order valence-electron chi connectivity index (χ4n) is 2.15. The Labute approximate surface area is 125 Å². The summed E-state index contributed by atoms with van der Waals surface area (Å²) < 4.78 is 40.8. The molecule has 20 heavy (non-hydrogen) atoms. The van der Waals surface area contributed by atoms with Crippen LogP contribution >= 0.6 is 23.1 Å². The first kappa shape index (κ1) is 14.1. The smallest absolute Gasteiger partial charge is 0.207 e. The van der Waals surface area contributed by atoms with E-state index in [1.165, 1.54) is 33.5 Å². The number of sulfonamides is 1. The van der Waals surface area contributed by atoms with Crippen LogP contribution in [0.15, 0.2) is 46.0 Å². The van der Waals surface area contributed by atoms with E-state index in [2.05, 4.69) is 0 Å². The molecule has 1 saturated heterocycles. The molecule has 7 heteroatoms. The SMILES string of the molecule is O=S(=O)(c1cccs1)N1CCS[C@@H]1c1ccccc1F. The number of halogens is 1. The lowest BCUT2D eigenvalue weighted by Crippen LogP contribution is -2.30. The number of hydrogen-bond acceptors (Lipinski definition) is 4. The van der Waals surface area contributed by atoms with Crippen LogP contribution in [-0.2, 0) is 10.0 Å². The Kier molecular flexibility index (Phi) is 3.85. The molecule has 2 aromatic rings. The molecule has 106 valence electrons. The highest BCUT2D eigenvalue weighted by Crippen LogP contribution is 2.42. The third kappa shape index (κ3) is 2.39. The monoisotopic (exact) mass is 329 g/mol. The zero-order valence-corrected chi connectivity index (χ0v) is 12.8. The number of hydrogen-bond donors (Lipinski definition) is 0. The Morgan fingerprint density at radius 3 is 2.70 bits per heavy atom. The van der Waals surface area contributed by atoms with Gasteiger partial charge in [0.05, 0.1) is 5.37 Å². The van der Waals surface area contributed by atoms with Gasteiger partial charge in [0, 0.05) is 17.9 Å². The molecule has 0 spiro atoms. The van der Waals surface area contributed by atoms with Crippen LogP contribution in [0.4, 0.5) is 4.39 Å². The zero-order chi connectivity index (χ0) is 14.2. The molecule has 3 rings (SSSR count). The van der Waals surface area contributed by atoms with Gasteiger partial charge in [-0.25, -0.2) is 12.8 Å². The summed E-state index contributed by atoms with van der Waals surface area (Å²) in [5.41, 5.74) is 0.426. The van der Waals surface area contributed by atoms with Gasteiger partial charge in [-0.3, -0.25) is 0 Å². The van der Waals surface area contributed by atoms with Crippen LogP contribution in [0.3, 0.4) is 0 Å². The van der Waals surface area contributed by atoms with Crippen molar-refractivity contribution in [3.8, 4) is 0 Å². The van der Waals surface area contributed by atoms with Crippen LogP contribution in [-0.4, -0.2) is 25.0 Å². The van der Waals surface area contributed by atoms with E-state index in [9.17, 15) is 12.8 Å². The first-order valence-electron chi connectivity index (χ1n) is 6.02. The van der Waals surface area contributed by atoms with Gasteiger partial charge in [-0.2, -0.15) is 4.31 Å². The molecule has 1 aromatic carbocycles. The van der Waals surface area contributed by atoms with Gasteiger partial charge in [-0.1, -0.05) is 24.3 Å². The Morgan fingerprint density at radius 2 is 2.00 bits per heavy atom. The summed E-state index contributed by atoms with van der Waals surface area (Å²) in [4.78, 5) is 0. The van der Waals surface area contributed by atoms with Gasteiger partial charge in [-0.15, -0.1) is 23.1 Å². The number of thioether (sulfide) groups is 1. The van der Waals surface area contributed by atoms with Crippen LogP contribution in [0, 0.1) is 5.82 Å². The van der Waals surface area contributed by atoms with Gasteiger partial charge >= 0.3 is 0 Å². The molecule has 0 bridgehead atoms. The maximum atomic E-state index is 13.9. The highest BCUT2D eigenvalue weighted by Gasteiger charge is 2.38. The summed E-state index contributed by atoms with van der Waals surface area (Å²) in [7, 11) is -3.55. The zero-order valence-electron chi connectivity index (χ0n) is 10.4. The molecule has 0 amide bonds. The summed E-state index contributed by atoms with van der Waals surface area (Å²) in [6.45, 7) is 0.407. The minimum absolute atomic E-state index is 0.307. The largest absolute Gasteiger partial charge is 0.253 e. The Morgan fingerprint density at radius 1 is 1.20 bits per heavy atom. The second kappa shape index (κ2) is 5.48. The van der Waals surface area contributed by atoms with Gasteiger partial charge in [0.1, 0.15) is 10.0 Å². The van der Waals surface area contributed by atoms with Gasteiger partial charge in [-0.05, 0) is 17.5 Å². The maximum absolute atomic E-state index is 13.9. The second-order valence-corrected chi connectivity index (χ2v) is 8.55. The Balaban J connectivity index is 2.00. The van der Waals surface area contributed by atoms with Crippen molar-refractivity contribution < 1.29 is 12.8 Å². The molecule has 0 saturated carbocycles. The average Bonchev–Trinajstić information content (AvgIpc) is 3.11. The van der Waals surface area contributed by atoms with E-state index in [-0.39, 0.29) is 5.82 Å². The van der Waals surface area contributed by atoms with Crippen molar-refractivity contribution in [2.75, 3.05) is 12.3 Å². The minimum Gasteiger partial charge on any atom is -0.207 e. The van der Waals surface area contributed by atoms with Gasteiger partial charge < -0.3 is 0 Å². The van der Waals surface area contributed by atoms with Gasteiger partial charge in [0.25, 0.3) is 10.0 Å². The molecule has 0 unspecified atom stereocenters. The molecule has 1 aliphatic heterocycles. The minimum atomic E-state index is -3.55. The molecular formula is C13H12FNO2S3. The second-order valence-electron chi connectivity index (χ2n) is 4.29. The molecule has 0 N–H and O–H groups in total. The number of nitrogens with zero attached hydrogens (tertiary/aromatic N) is 1. The van der Waals surface area contributed by atoms with Crippen LogP contribution in [0.25, 0.3) is 0 Å². The molecule has 1 fully saturated rings. The quantitative estimate of drug-likeness (QED) is 0.867. The van der Waals surface area contributed by atoms with E-state index in [0.717, 1.165) is 0 Å². The molecule has 2 heterocycles. The summed E-state index contributed by atoms with van der Waals surface area (Å²) >= 11 is 2.64. The molecule has 3 nitrogen and oxygen atoms in total. The van der Waals surface area contributed by atoms with Crippen molar-refractivity contribution in [2.45, 2.75) is 9.58 Å². The molecule has 1 aliphatic rings. The predicted octanol–water partition coefficient (Wildman–Crippen LogP) is 3.32. The van der Waals surface area contributed by atoms with Crippen molar-refractivity contribution in [2.24, 2.45) is 0 Å². The number of benzene rings is 1. The highest BCUT2D eigenvalue weighted by molar-refractivity contribution is 8.01. The standard InChI is InChI=1S/C13H12FNO2S3/c14-11-5-2-1-4-10(11)13-15(7-9-19-13)20(16,17)12-6-3-8-18-12/h1-6,8,13H,7,9H2/t13-/m1/s1.